The van der Waals surface area contributed by atoms with Gasteiger partial charge in [-0.05, 0) is 19.4 Å². The van der Waals surface area contributed by atoms with Crippen molar-refractivity contribution in [3.8, 4) is 0 Å². The molecule has 6 heteroatoms. The van der Waals surface area contributed by atoms with Gasteiger partial charge < -0.3 is 10.6 Å². The van der Waals surface area contributed by atoms with Crippen molar-refractivity contribution in [2.24, 2.45) is 17.8 Å². The number of quaternary nitrogens is 1. The van der Waals surface area contributed by atoms with Gasteiger partial charge in [0.05, 0.1) is 5.69 Å². The number of nitrogens with two attached hydrogens (primary N) is 1. The zero-order valence-corrected chi connectivity index (χ0v) is 15.7. The minimum Gasteiger partial charge on any atom is -0.326 e. The van der Waals surface area contributed by atoms with E-state index in [0.717, 1.165) is 11.3 Å². The first-order chi connectivity index (χ1) is 12.3. The zero-order chi connectivity index (χ0) is 18.8. The van der Waals surface area contributed by atoms with Crippen LogP contribution < -0.4 is 10.6 Å². The fourth-order valence-electron chi connectivity index (χ4n) is 5.09. The second kappa shape index (κ2) is 5.64. The van der Waals surface area contributed by atoms with Crippen LogP contribution in [0.4, 0.5) is 5.69 Å². The van der Waals surface area contributed by atoms with E-state index >= 15 is 0 Å². The minimum atomic E-state index is -1.04. The highest BCUT2D eigenvalue weighted by atomic mass is 16.2. The molecule has 3 amide bonds. The van der Waals surface area contributed by atoms with Crippen LogP contribution >= 0.6 is 0 Å². The summed E-state index contributed by atoms with van der Waals surface area (Å²) >= 11 is 0. The molecule has 0 aliphatic carbocycles. The van der Waals surface area contributed by atoms with Gasteiger partial charge in [-0.3, -0.25) is 19.3 Å². The van der Waals surface area contributed by atoms with Crippen molar-refractivity contribution in [2.75, 3.05) is 5.32 Å². The molecule has 0 saturated carbocycles. The lowest BCUT2D eigenvalue weighted by molar-refractivity contribution is -0.738. The van der Waals surface area contributed by atoms with Crippen LogP contribution in [0.3, 0.4) is 0 Å². The zero-order valence-electron chi connectivity index (χ0n) is 15.7. The average Bonchev–Trinajstić information content (AvgIpc) is 3.20. The SMILES string of the molecule is CC[C@@H](C)N1C(=O)[C@H]2[C@@H](C1=O)[C@]1([NH2+][C@H]2C(C)C)C(=O)Nc2ccccc21. The molecule has 138 valence electrons. The van der Waals surface area contributed by atoms with Crippen molar-refractivity contribution in [3.63, 3.8) is 0 Å². The monoisotopic (exact) mass is 356 g/mol. The molecule has 3 aliphatic rings. The van der Waals surface area contributed by atoms with E-state index in [-0.39, 0.29) is 35.7 Å². The minimum absolute atomic E-state index is 0.0950. The van der Waals surface area contributed by atoms with E-state index in [9.17, 15) is 14.4 Å². The van der Waals surface area contributed by atoms with E-state index < -0.39 is 17.4 Å². The van der Waals surface area contributed by atoms with E-state index in [2.05, 4.69) is 19.2 Å². The van der Waals surface area contributed by atoms with Crippen LogP contribution in [0.5, 0.6) is 0 Å². The molecule has 3 N–H and O–H groups in total. The van der Waals surface area contributed by atoms with E-state index in [1.807, 2.05) is 43.4 Å². The first-order valence-corrected chi connectivity index (χ1v) is 9.48. The molecule has 3 aliphatic heterocycles. The van der Waals surface area contributed by atoms with Gasteiger partial charge in [-0.1, -0.05) is 39.0 Å². The predicted molar refractivity (Wildman–Crippen MR) is 95.9 cm³/mol. The number of likely N-dealkylation sites (tertiary alicyclic amines) is 1. The van der Waals surface area contributed by atoms with Gasteiger partial charge in [-0.15, -0.1) is 0 Å². The molecule has 3 heterocycles. The number of benzene rings is 1. The maximum atomic E-state index is 13.4. The maximum absolute atomic E-state index is 13.4. The molecule has 1 spiro atoms. The van der Waals surface area contributed by atoms with E-state index in [1.165, 1.54) is 4.90 Å². The first kappa shape index (κ1) is 17.2. The number of imide groups is 1. The summed E-state index contributed by atoms with van der Waals surface area (Å²) in [5.74, 6) is -1.40. The van der Waals surface area contributed by atoms with E-state index in [0.29, 0.717) is 6.42 Å². The largest absolute Gasteiger partial charge is 0.326 e. The molecule has 1 aromatic rings. The lowest BCUT2D eigenvalue weighted by Crippen LogP contribution is -2.99. The summed E-state index contributed by atoms with van der Waals surface area (Å²) in [5, 5.41) is 4.94. The van der Waals surface area contributed by atoms with Gasteiger partial charge in [0.15, 0.2) is 0 Å². The number of carbonyl (C=O) groups is 3. The Labute approximate surface area is 153 Å². The van der Waals surface area contributed by atoms with Gasteiger partial charge in [0.25, 0.3) is 5.91 Å². The van der Waals surface area contributed by atoms with Crippen molar-refractivity contribution < 1.29 is 19.7 Å². The summed E-state index contributed by atoms with van der Waals surface area (Å²) < 4.78 is 0. The van der Waals surface area contributed by atoms with Crippen LogP contribution in [0.25, 0.3) is 0 Å². The number of fused-ring (bicyclic) bond motifs is 4. The highest BCUT2D eigenvalue weighted by Gasteiger charge is 2.74. The average molecular weight is 356 g/mol. The lowest BCUT2D eigenvalue weighted by Gasteiger charge is -2.29. The molecule has 0 bridgehead atoms. The van der Waals surface area contributed by atoms with Crippen LogP contribution in [-0.2, 0) is 19.9 Å². The number of hydrogen-bond donors (Lipinski definition) is 2. The number of nitrogens with one attached hydrogen (secondary N) is 1. The number of amides is 3. The Balaban J connectivity index is 1.90. The van der Waals surface area contributed by atoms with Gasteiger partial charge in [-0.2, -0.15) is 0 Å². The normalized spacial score (nSPS) is 33.8. The van der Waals surface area contributed by atoms with Gasteiger partial charge in [0.1, 0.15) is 17.9 Å². The number of carbonyl (C=O) groups excluding carboxylic acids is 3. The van der Waals surface area contributed by atoms with Crippen LogP contribution in [-0.4, -0.2) is 34.7 Å². The Morgan fingerprint density at radius 2 is 1.85 bits per heavy atom. The molecule has 5 atom stereocenters. The Hall–Kier alpha value is -2.21. The van der Waals surface area contributed by atoms with E-state index in [4.69, 9.17) is 0 Å². The Bertz CT molecular complexity index is 805. The van der Waals surface area contributed by atoms with Crippen LogP contribution in [0.1, 0.15) is 39.7 Å². The predicted octanol–water partition coefficient (Wildman–Crippen LogP) is 0.835. The summed E-state index contributed by atoms with van der Waals surface area (Å²) in [6.07, 6.45) is 0.711. The topological polar surface area (TPSA) is 83.1 Å². The Morgan fingerprint density at radius 1 is 1.15 bits per heavy atom. The summed E-state index contributed by atoms with van der Waals surface area (Å²) in [6.45, 7) is 7.98. The number of rotatable bonds is 3. The summed E-state index contributed by atoms with van der Waals surface area (Å²) in [5.41, 5.74) is 0.542. The third kappa shape index (κ3) is 1.93. The summed E-state index contributed by atoms with van der Waals surface area (Å²) in [6, 6.07) is 7.29. The van der Waals surface area contributed by atoms with E-state index in [1.54, 1.807) is 0 Å². The summed E-state index contributed by atoms with van der Waals surface area (Å²) in [4.78, 5) is 41.2. The highest BCUT2D eigenvalue weighted by molar-refractivity contribution is 6.14. The second-order valence-electron chi connectivity index (χ2n) is 8.16. The van der Waals surface area contributed by atoms with Gasteiger partial charge in [-0.25, -0.2) is 0 Å². The van der Waals surface area contributed by atoms with Crippen molar-refractivity contribution in [2.45, 2.75) is 51.7 Å². The Kier molecular flexibility index (Phi) is 3.74. The molecule has 0 aromatic heterocycles. The maximum Gasteiger partial charge on any atom is 0.291 e. The standard InChI is InChI=1S/C20H25N3O3/c1-5-11(4)23-17(24)14-15(18(23)25)20(22-16(14)10(2)3)12-8-6-7-9-13(12)21-19(20)26/h6-11,14-16,22H,5H2,1-4H3,(H,21,26)/p+1/t11-,14+,15+,16+,20+/m1/s1. The molecular weight excluding hydrogens is 330 g/mol. The van der Waals surface area contributed by atoms with Crippen molar-refractivity contribution >= 4 is 23.4 Å². The molecule has 4 rings (SSSR count). The number of para-hydroxylation sites is 1. The number of anilines is 1. The third-order valence-electron chi connectivity index (χ3n) is 6.54. The fourth-order valence-corrected chi connectivity index (χ4v) is 5.09. The van der Waals surface area contributed by atoms with Crippen LogP contribution in [0, 0.1) is 17.8 Å². The Morgan fingerprint density at radius 3 is 2.50 bits per heavy atom. The first-order valence-electron chi connectivity index (χ1n) is 9.48. The molecule has 1 aromatic carbocycles. The number of nitrogens with zero attached hydrogens (tertiary/aromatic N) is 1. The number of hydrogen-bond acceptors (Lipinski definition) is 3. The molecule has 2 saturated heterocycles. The lowest BCUT2D eigenvalue weighted by atomic mass is 9.76. The van der Waals surface area contributed by atoms with Crippen molar-refractivity contribution in [1.29, 1.82) is 0 Å². The smallest absolute Gasteiger partial charge is 0.291 e. The fraction of sp³-hybridized carbons (Fsp3) is 0.550. The molecule has 6 nitrogen and oxygen atoms in total. The molecule has 0 radical (unpaired) electrons. The van der Waals surface area contributed by atoms with Gasteiger partial charge in [0.2, 0.25) is 17.4 Å². The van der Waals surface area contributed by atoms with Gasteiger partial charge in [0, 0.05) is 17.5 Å². The highest BCUT2D eigenvalue weighted by Crippen LogP contribution is 2.50. The third-order valence-corrected chi connectivity index (χ3v) is 6.54. The molecular formula is C20H26N3O3+. The quantitative estimate of drug-likeness (QED) is 0.787. The second-order valence-corrected chi connectivity index (χ2v) is 8.16. The molecule has 0 unspecified atom stereocenters. The van der Waals surface area contributed by atoms with Gasteiger partial charge >= 0.3 is 0 Å². The molecule has 26 heavy (non-hydrogen) atoms. The molecule has 2 fully saturated rings. The van der Waals surface area contributed by atoms with Crippen molar-refractivity contribution in [3.05, 3.63) is 29.8 Å². The summed E-state index contributed by atoms with van der Waals surface area (Å²) in [7, 11) is 0. The van der Waals surface area contributed by atoms with Crippen LogP contribution in [0.2, 0.25) is 0 Å². The van der Waals surface area contributed by atoms with Crippen LogP contribution in [0.15, 0.2) is 24.3 Å². The van der Waals surface area contributed by atoms with Crippen molar-refractivity contribution in [1.82, 2.24) is 4.90 Å².